The zero-order chi connectivity index (χ0) is 18.9. The maximum Gasteiger partial charge on any atom is 0.309 e. The van der Waals surface area contributed by atoms with Crippen molar-refractivity contribution >= 4 is 11.9 Å². The van der Waals surface area contributed by atoms with Gasteiger partial charge in [0.05, 0.1) is 26.2 Å². The van der Waals surface area contributed by atoms with Crippen molar-refractivity contribution in [2.75, 3.05) is 33.4 Å². The number of esters is 1. The molecular formula is C19H29N3O4. The summed E-state index contributed by atoms with van der Waals surface area (Å²) < 4.78 is 10.3. The maximum atomic E-state index is 11.9. The lowest BCUT2D eigenvalue weighted by atomic mass is 9.97. The standard InChI is InChI=1S/C19H29N3O4/c1-4-20-19(21-13-15-7-6-8-16(25-3)17(15)23)22-11-9-14(10-12-22)18(24)26-5-2/h6-8,14,23H,4-5,9-13H2,1-3H3,(H,20,21). The number of likely N-dealkylation sites (tertiary alicyclic amines) is 1. The Kier molecular flexibility index (Phi) is 7.56. The molecule has 7 heteroatoms. The van der Waals surface area contributed by atoms with Crippen LogP contribution in [0.3, 0.4) is 0 Å². The molecule has 1 saturated heterocycles. The number of rotatable bonds is 6. The SMILES string of the molecule is CCNC(=NCc1cccc(OC)c1O)N1CCC(C(=O)OCC)CC1. The van der Waals surface area contributed by atoms with Crippen LogP contribution in [-0.2, 0) is 16.1 Å². The molecule has 1 aliphatic rings. The number of phenols is 1. The van der Waals surface area contributed by atoms with Crippen molar-refractivity contribution in [1.29, 1.82) is 0 Å². The number of hydrogen-bond donors (Lipinski definition) is 2. The Bertz CT molecular complexity index is 625. The third-order valence-electron chi connectivity index (χ3n) is 4.45. The fourth-order valence-corrected chi connectivity index (χ4v) is 3.03. The minimum absolute atomic E-state index is 0.0310. The molecular weight excluding hydrogens is 334 g/mol. The number of carbonyl (C=O) groups is 1. The van der Waals surface area contributed by atoms with E-state index in [0.29, 0.717) is 24.5 Å². The molecule has 0 aliphatic carbocycles. The van der Waals surface area contributed by atoms with E-state index in [1.165, 1.54) is 7.11 Å². The second-order valence-electron chi connectivity index (χ2n) is 6.15. The first-order valence-corrected chi connectivity index (χ1v) is 9.15. The topological polar surface area (TPSA) is 83.4 Å². The highest BCUT2D eigenvalue weighted by atomic mass is 16.5. The van der Waals surface area contributed by atoms with Crippen LogP contribution < -0.4 is 10.1 Å². The maximum absolute atomic E-state index is 11.9. The predicted octanol–water partition coefficient (Wildman–Crippen LogP) is 2.14. The Hall–Kier alpha value is -2.44. The average molecular weight is 363 g/mol. The van der Waals surface area contributed by atoms with Gasteiger partial charge in [0.1, 0.15) is 0 Å². The quantitative estimate of drug-likeness (QED) is 0.458. The number of ether oxygens (including phenoxy) is 2. The van der Waals surface area contributed by atoms with Gasteiger partial charge in [-0.15, -0.1) is 0 Å². The molecule has 144 valence electrons. The van der Waals surface area contributed by atoms with Crippen molar-refractivity contribution in [3.8, 4) is 11.5 Å². The van der Waals surface area contributed by atoms with Crippen LogP contribution in [0.25, 0.3) is 0 Å². The molecule has 26 heavy (non-hydrogen) atoms. The summed E-state index contributed by atoms with van der Waals surface area (Å²) >= 11 is 0. The van der Waals surface area contributed by atoms with Crippen LogP contribution in [0, 0.1) is 5.92 Å². The zero-order valence-corrected chi connectivity index (χ0v) is 15.8. The molecule has 1 fully saturated rings. The van der Waals surface area contributed by atoms with Gasteiger partial charge in [-0.05, 0) is 32.8 Å². The van der Waals surface area contributed by atoms with Crippen LogP contribution >= 0.6 is 0 Å². The molecule has 1 aromatic carbocycles. The Morgan fingerprint density at radius 2 is 2.08 bits per heavy atom. The van der Waals surface area contributed by atoms with Gasteiger partial charge in [0.25, 0.3) is 0 Å². The van der Waals surface area contributed by atoms with E-state index in [4.69, 9.17) is 9.47 Å². The number of aliphatic imine (C=N–C) groups is 1. The predicted molar refractivity (Wildman–Crippen MR) is 100 cm³/mol. The highest BCUT2D eigenvalue weighted by Crippen LogP contribution is 2.29. The average Bonchev–Trinajstić information content (AvgIpc) is 2.66. The third-order valence-corrected chi connectivity index (χ3v) is 4.45. The van der Waals surface area contributed by atoms with Gasteiger partial charge >= 0.3 is 5.97 Å². The molecule has 0 unspecified atom stereocenters. The summed E-state index contributed by atoms with van der Waals surface area (Å²) in [7, 11) is 1.53. The first-order valence-electron chi connectivity index (χ1n) is 9.15. The van der Waals surface area contributed by atoms with Gasteiger partial charge in [-0.1, -0.05) is 12.1 Å². The number of aromatic hydroxyl groups is 1. The zero-order valence-electron chi connectivity index (χ0n) is 15.8. The number of nitrogens with one attached hydrogen (secondary N) is 1. The van der Waals surface area contributed by atoms with E-state index < -0.39 is 0 Å². The molecule has 2 rings (SSSR count). The molecule has 0 radical (unpaired) electrons. The monoisotopic (exact) mass is 363 g/mol. The molecule has 1 aliphatic heterocycles. The molecule has 0 bridgehead atoms. The molecule has 0 amide bonds. The van der Waals surface area contributed by atoms with Crippen molar-refractivity contribution in [2.24, 2.45) is 10.9 Å². The molecule has 0 spiro atoms. The summed E-state index contributed by atoms with van der Waals surface area (Å²) in [6, 6.07) is 5.38. The van der Waals surface area contributed by atoms with Crippen LogP contribution in [0.5, 0.6) is 11.5 Å². The van der Waals surface area contributed by atoms with Crippen molar-refractivity contribution in [3.63, 3.8) is 0 Å². The highest BCUT2D eigenvalue weighted by molar-refractivity contribution is 5.80. The van der Waals surface area contributed by atoms with Gasteiger partial charge in [-0.3, -0.25) is 4.79 Å². The number of phenolic OH excluding ortho intramolecular Hbond substituents is 1. The lowest BCUT2D eigenvalue weighted by Crippen LogP contribution is -2.46. The Balaban J connectivity index is 2.03. The van der Waals surface area contributed by atoms with E-state index in [-0.39, 0.29) is 17.6 Å². The number of piperidine rings is 1. The lowest BCUT2D eigenvalue weighted by molar-refractivity contribution is -0.149. The van der Waals surface area contributed by atoms with Crippen molar-refractivity contribution in [3.05, 3.63) is 23.8 Å². The number of guanidine groups is 1. The summed E-state index contributed by atoms with van der Waals surface area (Å²) in [6.07, 6.45) is 1.52. The molecule has 7 nitrogen and oxygen atoms in total. The Morgan fingerprint density at radius 1 is 1.35 bits per heavy atom. The minimum atomic E-state index is -0.101. The van der Waals surface area contributed by atoms with Crippen molar-refractivity contribution in [1.82, 2.24) is 10.2 Å². The molecule has 0 atom stereocenters. The van der Waals surface area contributed by atoms with Crippen LogP contribution in [0.4, 0.5) is 0 Å². The number of nitrogens with zero attached hydrogens (tertiary/aromatic N) is 2. The van der Waals surface area contributed by atoms with Crippen molar-refractivity contribution in [2.45, 2.75) is 33.2 Å². The number of carbonyl (C=O) groups excluding carboxylic acids is 1. The van der Waals surface area contributed by atoms with Gasteiger partial charge < -0.3 is 24.8 Å². The van der Waals surface area contributed by atoms with Gasteiger partial charge in [-0.25, -0.2) is 4.99 Å². The Labute approximate surface area is 155 Å². The summed E-state index contributed by atoms with van der Waals surface area (Å²) in [5.74, 6) is 1.22. The van der Waals surface area contributed by atoms with E-state index >= 15 is 0 Å². The second kappa shape index (κ2) is 9.89. The number of benzene rings is 1. The van der Waals surface area contributed by atoms with Gasteiger partial charge in [0.15, 0.2) is 17.5 Å². The van der Waals surface area contributed by atoms with Gasteiger partial charge in [0.2, 0.25) is 0 Å². The molecule has 0 saturated carbocycles. The minimum Gasteiger partial charge on any atom is -0.504 e. The number of methoxy groups -OCH3 is 1. The van der Waals surface area contributed by atoms with Crippen LogP contribution in [0.1, 0.15) is 32.3 Å². The molecule has 0 aromatic heterocycles. The highest BCUT2D eigenvalue weighted by Gasteiger charge is 2.27. The van der Waals surface area contributed by atoms with E-state index in [1.807, 2.05) is 26.0 Å². The summed E-state index contributed by atoms with van der Waals surface area (Å²) in [5, 5.41) is 13.5. The fourth-order valence-electron chi connectivity index (χ4n) is 3.03. The molecule has 1 heterocycles. The van der Waals surface area contributed by atoms with E-state index in [1.54, 1.807) is 6.07 Å². The number of para-hydroxylation sites is 1. The van der Waals surface area contributed by atoms with Crippen LogP contribution in [-0.4, -0.2) is 55.3 Å². The first kappa shape index (κ1) is 19.9. The largest absolute Gasteiger partial charge is 0.504 e. The first-order chi connectivity index (χ1) is 12.6. The van der Waals surface area contributed by atoms with Crippen LogP contribution in [0.2, 0.25) is 0 Å². The van der Waals surface area contributed by atoms with E-state index in [2.05, 4.69) is 15.2 Å². The fraction of sp³-hybridized carbons (Fsp3) is 0.579. The molecule has 1 aromatic rings. The van der Waals surface area contributed by atoms with Gasteiger partial charge in [0, 0.05) is 25.2 Å². The third kappa shape index (κ3) is 5.03. The number of hydrogen-bond acceptors (Lipinski definition) is 5. The normalized spacial score (nSPS) is 15.7. The Morgan fingerprint density at radius 3 is 2.69 bits per heavy atom. The van der Waals surface area contributed by atoms with Gasteiger partial charge in [-0.2, -0.15) is 0 Å². The molecule has 2 N–H and O–H groups in total. The summed E-state index contributed by atoms with van der Waals surface area (Å²) in [5.41, 5.74) is 0.709. The van der Waals surface area contributed by atoms with Crippen LogP contribution in [0.15, 0.2) is 23.2 Å². The summed E-state index contributed by atoms with van der Waals surface area (Å²) in [6.45, 7) is 6.87. The lowest BCUT2D eigenvalue weighted by Gasteiger charge is -2.33. The second-order valence-corrected chi connectivity index (χ2v) is 6.15. The summed E-state index contributed by atoms with van der Waals surface area (Å²) in [4.78, 5) is 18.7. The van der Waals surface area contributed by atoms with Crippen molar-refractivity contribution < 1.29 is 19.4 Å². The smallest absolute Gasteiger partial charge is 0.309 e. The van der Waals surface area contributed by atoms with E-state index in [9.17, 15) is 9.90 Å². The van der Waals surface area contributed by atoms with E-state index in [0.717, 1.165) is 38.4 Å².